The maximum Gasteiger partial charge on any atom is 0.303 e. The van der Waals surface area contributed by atoms with Crippen LogP contribution >= 0.6 is 0 Å². The van der Waals surface area contributed by atoms with Crippen LogP contribution in [0.4, 0.5) is 0 Å². The SMILES string of the molecule is CCN1CCC(C)(CC(=O)O)C1. The Morgan fingerprint density at radius 1 is 1.67 bits per heavy atom. The van der Waals surface area contributed by atoms with Crippen molar-refractivity contribution in [3.05, 3.63) is 0 Å². The maximum atomic E-state index is 10.5. The van der Waals surface area contributed by atoms with Gasteiger partial charge in [-0.25, -0.2) is 0 Å². The summed E-state index contributed by atoms with van der Waals surface area (Å²) >= 11 is 0. The maximum absolute atomic E-state index is 10.5. The van der Waals surface area contributed by atoms with E-state index in [2.05, 4.69) is 18.7 Å². The van der Waals surface area contributed by atoms with Crippen LogP contribution in [0.2, 0.25) is 0 Å². The first kappa shape index (κ1) is 9.52. The Morgan fingerprint density at radius 2 is 2.33 bits per heavy atom. The van der Waals surface area contributed by atoms with E-state index in [0.717, 1.165) is 26.1 Å². The normalized spacial score (nSPS) is 30.8. The Bertz CT molecular complexity index is 181. The van der Waals surface area contributed by atoms with Gasteiger partial charge in [-0.3, -0.25) is 4.79 Å². The molecule has 0 amide bonds. The lowest BCUT2D eigenvalue weighted by Crippen LogP contribution is -2.26. The Hall–Kier alpha value is -0.570. The van der Waals surface area contributed by atoms with Gasteiger partial charge in [-0.1, -0.05) is 13.8 Å². The van der Waals surface area contributed by atoms with Crippen molar-refractivity contribution in [1.82, 2.24) is 4.90 Å². The van der Waals surface area contributed by atoms with Crippen LogP contribution in [-0.2, 0) is 4.79 Å². The number of hydrogen-bond donors (Lipinski definition) is 1. The Labute approximate surface area is 73.4 Å². The highest BCUT2D eigenvalue weighted by molar-refractivity contribution is 5.67. The third kappa shape index (κ3) is 2.21. The Balaban J connectivity index is 2.46. The van der Waals surface area contributed by atoms with Crippen LogP contribution in [0.15, 0.2) is 0 Å². The zero-order valence-corrected chi connectivity index (χ0v) is 7.84. The molecular formula is C9H17NO2. The van der Waals surface area contributed by atoms with E-state index in [1.165, 1.54) is 0 Å². The molecular weight excluding hydrogens is 154 g/mol. The molecule has 0 aromatic heterocycles. The lowest BCUT2D eigenvalue weighted by atomic mass is 9.86. The number of carboxylic acids is 1. The van der Waals surface area contributed by atoms with Crippen LogP contribution in [0.1, 0.15) is 26.7 Å². The smallest absolute Gasteiger partial charge is 0.303 e. The summed E-state index contributed by atoms with van der Waals surface area (Å²) < 4.78 is 0. The molecule has 1 N–H and O–H groups in total. The van der Waals surface area contributed by atoms with Gasteiger partial charge in [-0.2, -0.15) is 0 Å². The van der Waals surface area contributed by atoms with E-state index in [1.54, 1.807) is 0 Å². The number of carbonyl (C=O) groups is 1. The summed E-state index contributed by atoms with van der Waals surface area (Å²) in [5.41, 5.74) is 0.0157. The van der Waals surface area contributed by atoms with Crippen LogP contribution in [0, 0.1) is 5.41 Å². The number of likely N-dealkylation sites (tertiary alicyclic amines) is 1. The molecule has 0 spiro atoms. The van der Waals surface area contributed by atoms with Crippen molar-refractivity contribution < 1.29 is 9.90 Å². The molecule has 1 atom stereocenters. The van der Waals surface area contributed by atoms with Crippen LogP contribution in [0.25, 0.3) is 0 Å². The van der Waals surface area contributed by atoms with Gasteiger partial charge in [0.2, 0.25) is 0 Å². The van der Waals surface area contributed by atoms with E-state index in [4.69, 9.17) is 5.11 Å². The molecule has 12 heavy (non-hydrogen) atoms. The predicted molar refractivity (Wildman–Crippen MR) is 47.1 cm³/mol. The van der Waals surface area contributed by atoms with Crippen molar-refractivity contribution >= 4 is 5.97 Å². The minimum Gasteiger partial charge on any atom is -0.481 e. The van der Waals surface area contributed by atoms with Crippen molar-refractivity contribution in [2.75, 3.05) is 19.6 Å². The molecule has 3 nitrogen and oxygen atoms in total. The van der Waals surface area contributed by atoms with Gasteiger partial charge in [0.15, 0.2) is 0 Å². The number of aliphatic carboxylic acids is 1. The van der Waals surface area contributed by atoms with Crippen molar-refractivity contribution in [2.24, 2.45) is 5.41 Å². The van der Waals surface area contributed by atoms with Gasteiger partial charge < -0.3 is 10.0 Å². The molecule has 0 saturated carbocycles. The molecule has 70 valence electrons. The molecule has 1 saturated heterocycles. The highest BCUT2D eigenvalue weighted by Gasteiger charge is 2.34. The molecule has 1 rings (SSSR count). The minimum absolute atomic E-state index is 0.0157. The van der Waals surface area contributed by atoms with Gasteiger partial charge in [0.05, 0.1) is 6.42 Å². The standard InChI is InChI=1S/C9H17NO2/c1-3-10-5-4-9(2,7-10)6-8(11)12/h3-7H2,1-2H3,(H,11,12). The van der Waals surface area contributed by atoms with Gasteiger partial charge in [-0.15, -0.1) is 0 Å². The topological polar surface area (TPSA) is 40.5 Å². The summed E-state index contributed by atoms with van der Waals surface area (Å²) in [5.74, 6) is -0.671. The summed E-state index contributed by atoms with van der Waals surface area (Å²) in [6, 6.07) is 0. The second-order valence-electron chi connectivity index (χ2n) is 4.00. The average Bonchev–Trinajstić information content (AvgIpc) is 2.30. The second-order valence-corrected chi connectivity index (χ2v) is 4.00. The molecule has 0 aromatic rings. The summed E-state index contributed by atoms with van der Waals surface area (Å²) in [7, 11) is 0. The fraction of sp³-hybridized carbons (Fsp3) is 0.889. The molecule has 1 unspecified atom stereocenters. The van der Waals surface area contributed by atoms with E-state index in [1.807, 2.05) is 0 Å². The molecule has 1 heterocycles. The third-order valence-corrected chi connectivity index (χ3v) is 2.66. The van der Waals surface area contributed by atoms with Crippen molar-refractivity contribution in [1.29, 1.82) is 0 Å². The van der Waals surface area contributed by atoms with Crippen LogP contribution in [0.5, 0.6) is 0 Å². The van der Waals surface area contributed by atoms with Gasteiger partial charge in [-0.05, 0) is 24.9 Å². The van der Waals surface area contributed by atoms with Crippen molar-refractivity contribution in [3.63, 3.8) is 0 Å². The molecule has 0 aliphatic carbocycles. The zero-order chi connectivity index (χ0) is 9.19. The summed E-state index contributed by atoms with van der Waals surface area (Å²) in [4.78, 5) is 12.8. The third-order valence-electron chi connectivity index (χ3n) is 2.66. The van der Waals surface area contributed by atoms with E-state index in [0.29, 0.717) is 6.42 Å². The van der Waals surface area contributed by atoms with Crippen LogP contribution < -0.4 is 0 Å². The quantitative estimate of drug-likeness (QED) is 0.693. The van der Waals surface area contributed by atoms with E-state index in [9.17, 15) is 4.79 Å². The number of nitrogens with zero attached hydrogens (tertiary/aromatic N) is 1. The number of carboxylic acid groups (broad SMARTS) is 1. The molecule has 1 aliphatic rings. The summed E-state index contributed by atoms with van der Waals surface area (Å²) in [6.45, 7) is 7.22. The van der Waals surface area contributed by atoms with E-state index >= 15 is 0 Å². The number of rotatable bonds is 3. The summed E-state index contributed by atoms with van der Waals surface area (Å²) in [5, 5.41) is 8.68. The Kier molecular flexibility index (Phi) is 2.73. The summed E-state index contributed by atoms with van der Waals surface area (Å²) in [6.07, 6.45) is 1.33. The second kappa shape index (κ2) is 3.44. The molecule has 1 aliphatic heterocycles. The van der Waals surface area contributed by atoms with Gasteiger partial charge in [0, 0.05) is 6.54 Å². The number of hydrogen-bond acceptors (Lipinski definition) is 2. The van der Waals surface area contributed by atoms with Crippen LogP contribution in [0.3, 0.4) is 0 Å². The molecule has 0 radical (unpaired) electrons. The van der Waals surface area contributed by atoms with Crippen molar-refractivity contribution in [3.8, 4) is 0 Å². The highest BCUT2D eigenvalue weighted by Crippen LogP contribution is 2.32. The Morgan fingerprint density at radius 3 is 2.75 bits per heavy atom. The molecule has 3 heteroatoms. The van der Waals surface area contributed by atoms with Crippen molar-refractivity contribution in [2.45, 2.75) is 26.7 Å². The fourth-order valence-corrected chi connectivity index (χ4v) is 1.91. The van der Waals surface area contributed by atoms with Crippen LogP contribution in [-0.4, -0.2) is 35.6 Å². The lowest BCUT2D eigenvalue weighted by Gasteiger charge is -2.21. The predicted octanol–water partition coefficient (Wildman–Crippen LogP) is 1.19. The van der Waals surface area contributed by atoms with E-state index in [-0.39, 0.29) is 5.41 Å². The highest BCUT2D eigenvalue weighted by atomic mass is 16.4. The molecule has 1 fully saturated rings. The van der Waals surface area contributed by atoms with E-state index < -0.39 is 5.97 Å². The van der Waals surface area contributed by atoms with Gasteiger partial charge >= 0.3 is 5.97 Å². The first-order chi connectivity index (χ1) is 5.56. The minimum atomic E-state index is -0.671. The first-order valence-corrected chi connectivity index (χ1v) is 4.50. The first-order valence-electron chi connectivity index (χ1n) is 4.50. The average molecular weight is 171 g/mol. The molecule has 0 aromatic carbocycles. The van der Waals surface area contributed by atoms with Gasteiger partial charge in [0.25, 0.3) is 0 Å². The lowest BCUT2D eigenvalue weighted by molar-refractivity contribution is -0.139. The van der Waals surface area contributed by atoms with Gasteiger partial charge in [0.1, 0.15) is 0 Å². The zero-order valence-electron chi connectivity index (χ0n) is 7.84. The monoisotopic (exact) mass is 171 g/mol. The largest absolute Gasteiger partial charge is 0.481 e. The molecule has 0 bridgehead atoms. The fourth-order valence-electron chi connectivity index (χ4n) is 1.91.